The second-order valence-electron chi connectivity index (χ2n) is 7.00. The van der Waals surface area contributed by atoms with Crippen molar-refractivity contribution >= 4 is 28.2 Å². The maximum absolute atomic E-state index is 13.0. The van der Waals surface area contributed by atoms with Gasteiger partial charge in [-0.15, -0.1) is 11.3 Å². The first-order valence-electron chi connectivity index (χ1n) is 9.65. The number of ether oxygens (including phenoxy) is 1. The predicted molar refractivity (Wildman–Crippen MR) is 115 cm³/mol. The van der Waals surface area contributed by atoms with E-state index in [1.165, 1.54) is 11.3 Å². The molecule has 1 aliphatic rings. The summed E-state index contributed by atoms with van der Waals surface area (Å²) >= 11 is 1.46. The highest BCUT2D eigenvalue weighted by atomic mass is 32.1. The van der Waals surface area contributed by atoms with Gasteiger partial charge >= 0.3 is 0 Å². The van der Waals surface area contributed by atoms with E-state index in [1.54, 1.807) is 18.2 Å². The van der Waals surface area contributed by atoms with Crippen LogP contribution in [0.25, 0.3) is 0 Å². The van der Waals surface area contributed by atoms with Crippen molar-refractivity contribution in [3.05, 3.63) is 81.7 Å². The second kappa shape index (κ2) is 8.49. The van der Waals surface area contributed by atoms with Gasteiger partial charge in [-0.25, -0.2) is 0 Å². The van der Waals surface area contributed by atoms with Gasteiger partial charge in [-0.1, -0.05) is 42.5 Å². The molecule has 1 aliphatic carbocycles. The third kappa shape index (κ3) is 4.17. The van der Waals surface area contributed by atoms with Gasteiger partial charge in [0.05, 0.1) is 11.1 Å². The molecular formula is C23H22N2O3S. The fraction of sp³-hybridized carbons (Fsp3) is 0.217. The number of nitrogens with two attached hydrogens (primary N) is 1. The summed E-state index contributed by atoms with van der Waals surface area (Å²) in [5.74, 6) is -0.307. The first-order valence-corrected chi connectivity index (χ1v) is 10.5. The number of aryl methyl sites for hydroxylation is 1. The fourth-order valence-corrected chi connectivity index (χ4v) is 4.89. The number of thiophene rings is 1. The molecule has 0 fully saturated rings. The van der Waals surface area contributed by atoms with Gasteiger partial charge in [-0.2, -0.15) is 0 Å². The Morgan fingerprint density at radius 3 is 2.52 bits per heavy atom. The highest BCUT2D eigenvalue weighted by Crippen LogP contribution is 2.38. The number of benzene rings is 2. The Balaban J connectivity index is 1.57. The molecule has 0 bridgehead atoms. The lowest BCUT2D eigenvalue weighted by Gasteiger charge is -2.12. The van der Waals surface area contributed by atoms with E-state index in [9.17, 15) is 9.59 Å². The van der Waals surface area contributed by atoms with Gasteiger partial charge in [0, 0.05) is 4.88 Å². The number of carbonyl (C=O) groups excluding carboxylic acids is 2. The fourth-order valence-electron chi connectivity index (χ4n) is 3.60. The van der Waals surface area contributed by atoms with Crippen LogP contribution in [0.3, 0.4) is 0 Å². The number of fused-ring (bicyclic) bond motifs is 1. The minimum Gasteiger partial charge on any atom is -0.488 e. The van der Waals surface area contributed by atoms with Crippen LogP contribution < -0.4 is 15.8 Å². The quantitative estimate of drug-likeness (QED) is 0.630. The molecule has 0 saturated heterocycles. The molecule has 29 heavy (non-hydrogen) atoms. The lowest BCUT2D eigenvalue weighted by atomic mass is 9.95. The number of hydrogen-bond acceptors (Lipinski definition) is 4. The molecule has 1 heterocycles. The number of rotatable bonds is 6. The summed E-state index contributed by atoms with van der Waals surface area (Å²) in [6, 6.07) is 16.9. The van der Waals surface area contributed by atoms with Crippen LogP contribution in [0.2, 0.25) is 0 Å². The molecule has 4 rings (SSSR count). The number of anilines is 1. The number of hydrogen-bond donors (Lipinski definition) is 2. The van der Waals surface area contributed by atoms with Crippen LogP contribution in [-0.2, 0) is 19.4 Å². The molecule has 2 amide bonds. The van der Waals surface area contributed by atoms with Gasteiger partial charge < -0.3 is 15.8 Å². The van der Waals surface area contributed by atoms with E-state index in [0.717, 1.165) is 41.7 Å². The zero-order valence-corrected chi connectivity index (χ0v) is 16.8. The van der Waals surface area contributed by atoms with Crippen LogP contribution in [0.5, 0.6) is 5.75 Å². The molecule has 3 aromatic rings. The van der Waals surface area contributed by atoms with E-state index >= 15 is 0 Å². The molecule has 0 atom stereocenters. The summed E-state index contributed by atoms with van der Waals surface area (Å²) in [7, 11) is 0. The van der Waals surface area contributed by atoms with Crippen LogP contribution in [0.15, 0.2) is 54.6 Å². The summed E-state index contributed by atoms with van der Waals surface area (Å²) < 4.78 is 5.89. The molecule has 0 spiro atoms. The Morgan fingerprint density at radius 2 is 1.72 bits per heavy atom. The van der Waals surface area contributed by atoms with Crippen LogP contribution >= 0.6 is 11.3 Å². The number of amides is 2. The predicted octanol–water partition coefficient (Wildman–Crippen LogP) is 4.56. The number of primary amides is 1. The van der Waals surface area contributed by atoms with Gasteiger partial charge in [0.15, 0.2) is 0 Å². The molecule has 0 unspecified atom stereocenters. The first-order chi connectivity index (χ1) is 14.1. The van der Waals surface area contributed by atoms with Crippen molar-refractivity contribution in [1.29, 1.82) is 0 Å². The zero-order chi connectivity index (χ0) is 20.2. The van der Waals surface area contributed by atoms with E-state index in [1.807, 2.05) is 36.4 Å². The largest absolute Gasteiger partial charge is 0.488 e. The van der Waals surface area contributed by atoms with Crippen molar-refractivity contribution in [2.75, 3.05) is 5.32 Å². The molecule has 6 heteroatoms. The first kappa shape index (κ1) is 19.2. The summed E-state index contributed by atoms with van der Waals surface area (Å²) in [4.78, 5) is 26.2. The maximum atomic E-state index is 13.0. The molecule has 148 valence electrons. The van der Waals surface area contributed by atoms with Crippen molar-refractivity contribution in [3.63, 3.8) is 0 Å². The highest BCUT2D eigenvalue weighted by molar-refractivity contribution is 7.17. The Kier molecular flexibility index (Phi) is 5.62. The molecule has 1 aromatic heterocycles. The van der Waals surface area contributed by atoms with Crippen LogP contribution in [0.1, 0.15) is 49.6 Å². The average Bonchev–Trinajstić information content (AvgIpc) is 3.11. The summed E-state index contributed by atoms with van der Waals surface area (Å²) in [5.41, 5.74) is 8.53. The average molecular weight is 407 g/mol. The Labute approximate surface area is 173 Å². The number of carbonyl (C=O) groups is 2. The van der Waals surface area contributed by atoms with E-state index in [-0.39, 0.29) is 5.91 Å². The van der Waals surface area contributed by atoms with Crippen molar-refractivity contribution in [1.82, 2.24) is 0 Å². The summed E-state index contributed by atoms with van der Waals surface area (Å²) in [6.07, 6.45) is 3.88. The van der Waals surface area contributed by atoms with E-state index < -0.39 is 5.91 Å². The Morgan fingerprint density at radius 1 is 1.00 bits per heavy atom. The zero-order valence-electron chi connectivity index (χ0n) is 15.9. The lowest BCUT2D eigenvalue weighted by Crippen LogP contribution is -2.19. The van der Waals surface area contributed by atoms with E-state index in [0.29, 0.717) is 28.5 Å². The minimum atomic E-state index is -0.492. The molecule has 0 radical (unpaired) electrons. The second-order valence-corrected chi connectivity index (χ2v) is 8.11. The number of nitrogens with one attached hydrogen (secondary N) is 1. The molecule has 5 nitrogen and oxygen atoms in total. The topological polar surface area (TPSA) is 81.4 Å². The molecular weight excluding hydrogens is 384 g/mol. The monoisotopic (exact) mass is 406 g/mol. The molecule has 3 N–H and O–H groups in total. The van der Waals surface area contributed by atoms with Crippen LogP contribution in [-0.4, -0.2) is 11.8 Å². The maximum Gasteiger partial charge on any atom is 0.260 e. The van der Waals surface area contributed by atoms with Crippen molar-refractivity contribution in [2.24, 2.45) is 5.73 Å². The highest BCUT2D eigenvalue weighted by Gasteiger charge is 2.25. The smallest absolute Gasteiger partial charge is 0.260 e. The molecule has 0 saturated carbocycles. The lowest BCUT2D eigenvalue weighted by molar-refractivity contribution is 0.100. The third-order valence-corrected chi connectivity index (χ3v) is 6.22. The van der Waals surface area contributed by atoms with Crippen LogP contribution in [0.4, 0.5) is 5.00 Å². The molecule has 0 aliphatic heterocycles. The van der Waals surface area contributed by atoms with Gasteiger partial charge in [-0.3, -0.25) is 9.59 Å². The number of para-hydroxylation sites is 1. The standard InChI is InChI=1S/C23H22N2O3S/c24-21(26)20-17-11-5-7-13-19(17)29-23(20)25-22(27)16-10-4-6-12-18(16)28-14-15-8-2-1-3-9-15/h1-4,6,8-10,12H,5,7,11,13-14H2,(H2,24,26)(H,25,27). The van der Waals surface area contributed by atoms with Gasteiger partial charge in [0.2, 0.25) is 0 Å². The van der Waals surface area contributed by atoms with Crippen molar-refractivity contribution < 1.29 is 14.3 Å². The van der Waals surface area contributed by atoms with Gasteiger partial charge in [0.1, 0.15) is 17.4 Å². The van der Waals surface area contributed by atoms with Crippen LogP contribution in [0, 0.1) is 0 Å². The van der Waals surface area contributed by atoms with Gasteiger partial charge in [0.25, 0.3) is 11.8 Å². The molecule has 2 aromatic carbocycles. The summed E-state index contributed by atoms with van der Waals surface area (Å²) in [6.45, 7) is 0.366. The Bertz CT molecular complexity index is 1040. The van der Waals surface area contributed by atoms with Crippen molar-refractivity contribution in [2.45, 2.75) is 32.3 Å². The third-order valence-electron chi connectivity index (χ3n) is 5.01. The SMILES string of the molecule is NC(=O)c1c(NC(=O)c2ccccc2OCc2ccccc2)sc2c1CCCC2. The summed E-state index contributed by atoms with van der Waals surface area (Å²) in [5, 5.41) is 3.44. The minimum absolute atomic E-state index is 0.310. The van der Waals surface area contributed by atoms with Gasteiger partial charge in [-0.05, 0) is 48.9 Å². The van der Waals surface area contributed by atoms with Crippen molar-refractivity contribution in [3.8, 4) is 5.75 Å². The Hall–Kier alpha value is -3.12. The normalized spacial score (nSPS) is 12.8. The van der Waals surface area contributed by atoms with E-state index in [2.05, 4.69) is 5.32 Å². The van der Waals surface area contributed by atoms with E-state index in [4.69, 9.17) is 10.5 Å².